The Morgan fingerprint density at radius 3 is 2.41 bits per heavy atom. The molecule has 0 aliphatic heterocycles. The van der Waals surface area contributed by atoms with Gasteiger partial charge in [-0.1, -0.05) is 44.7 Å². The van der Waals surface area contributed by atoms with Gasteiger partial charge >= 0.3 is 0 Å². The number of rotatable bonds is 12. The lowest BCUT2D eigenvalue weighted by Crippen LogP contribution is -2.28. The Hall–Kier alpha value is -2.97. The van der Waals surface area contributed by atoms with Gasteiger partial charge in [0.05, 0.1) is 16.7 Å². The van der Waals surface area contributed by atoms with E-state index < -0.39 is 0 Å². The van der Waals surface area contributed by atoms with Crippen LogP contribution in [0.4, 0.5) is 5.69 Å². The van der Waals surface area contributed by atoms with Gasteiger partial charge in [0.25, 0.3) is 5.56 Å². The first-order chi connectivity index (χ1) is 16.5. The lowest BCUT2D eigenvalue weighted by molar-refractivity contribution is -0.115. The molecule has 180 valence electrons. The van der Waals surface area contributed by atoms with Crippen molar-refractivity contribution in [2.45, 2.75) is 45.3 Å². The molecule has 0 saturated carbocycles. The minimum Gasteiger partial charge on any atom is -0.326 e. The van der Waals surface area contributed by atoms with Crippen LogP contribution < -0.4 is 10.9 Å². The van der Waals surface area contributed by atoms with Gasteiger partial charge in [-0.2, -0.15) is 0 Å². The van der Waals surface area contributed by atoms with Gasteiger partial charge in [0.2, 0.25) is 5.91 Å². The van der Waals surface area contributed by atoms with Crippen LogP contribution in [0.2, 0.25) is 0 Å². The molecule has 0 atom stereocenters. The fourth-order valence-corrected chi connectivity index (χ4v) is 4.57. The fourth-order valence-electron chi connectivity index (χ4n) is 3.65. The number of nitrogens with zero attached hydrogens (tertiary/aromatic N) is 3. The Balaban J connectivity index is 1.76. The number of nitrogens with one attached hydrogen (secondary N) is 1. The molecule has 34 heavy (non-hydrogen) atoms. The van der Waals surface area contributed by atoms with E-state index in [1.807, 2.05) is 18.2 Å². The number of carbonyl (C=O) groups is 2. The maximum atomic E-state index is 13.2. The van der Waals surface area contributed by atoms with Gasteiger partial charge < -0.3 is 10.2 Å². The van der Waals surface area contributed by atoms with Crippen molar-refractivity contribution >= 4 is 40.0 Å². The summed E-state index contributed by atoms with van der Waals surface area (Å²) >= 11 is 1.29. The van der Waals surface area contributed by atoms with Crippen molar-refractivity contribution in [3.63, 3.8) is 0 Å². The number of hydrogen-bond donors (Lipinski definition) is 1. The second-order valence-electron chi connectivity index (χ2n) is 7.94. The Bertz CT molecular complexity index is 1190. The van der Waals surface area contributed by atoms with Crippen LogP contribution in [0.15, 0.2) is 58.5 Å². The summed E-state index contributed by atoms with van der Waals surface area (Å²) < 4.78 is 1.70. The number of aromatic nitrogens is 2. The van der Waals surface area contributed by atoms with Crippen molar-refractivity contribution in [3.8, 4) is 0 Å². The third-order valence-corrected chi connectivity index (χ3v) is 6.70. The predicted octanol–water partition coefficient (Wildman–Crippen LogP) is 4.45. The van der Waals surface area contributed by atoms with Crippen molar-refractivity contribution in [1.82, 2.24) is 14.5 Å². The Morgan fingerprint density at radius 2 is 1.74 bits per heavy atom. The average Bonchev–Trinajstić information content (AvgIpc) is 2.86. The molecule has 0 aliphatic carbocycles. The van der Waals surface area contributed by atoms with Crippen LogP contribution >= 0.6 is 11.8 Å². The Labute approximate surface area is 204 Å². The van der Waals surface area contributed by atoms with E-state index in [1.165, 1.54) is 11.8 Å². The first-order valence-electron chi connectivity index (χ1n) is 11.7. The molecule has 3 rings (SSSR count). The monoisotopic (exact) mass is 480 g/mol. The van der Waals surface area contributed by atoms with E-state index in [0.717, 1.165) is 26.1 Å². The van der Waals surface area contributed by atoms with Crippen LogP contribution in [-0.2, 0) is 11.3 Å². The Kier molecular flexibility index (Phi) is 9.42. The van der Waals surface area contributed by atoms with Crippen LogP contribution in [0, 0.1) is 0 Å². The van der Waals surface area contributed by atoms with Gasteiger partial charge in [-0.15, -0.1) is 0 Å². The number of fused-ring (bicyclic) bond motifs is 1. The van der Waals surface area contributed by atoms with Gasteiger partial charge in [-0.05, 0) is 62.5 Å². The number of carbonyl (C=O) groups excluding carboxylic acids is 2. The fraction of sp³-hybridized carbons (Fsp3) is 0.385. The molecule has 0 fully saturated rings. The van der Waals surface area contributed by atoms with Gasteiger partial charge in [0, 0.05) is 24.2 Å². The van der Waals surface area contributed by atoms with Crippen LogP contribution in [0.1, 0.15) is 44.0 Å². The van der Waals surface area contributed by atoms with Gasteiger partial charge in [-0.25, -0.2) is 4.98 Å². The molecule has 0 aliphatic rings. The van der Waals surface area contributed by atoms with Crippen molar-refractivity contribution in [1.29, 1.82) is 0 Å². The lowest BCUT2D eigenvalue weighted by Gasteiger charge is -2.19. The molecule has 0 radical (unpaired) electrons. The summed E-state index contributed by atoms with van der Waals surface area (Å²) in [7, 11) is 0. The summed E-state index contributed by atoms with van der Waals surface area (Å²) in [6.45, 7) is 9.44. The zero-order valence-electron chi connectivity index (χ0n) is 20.0. The largest absolute Gasteiger partial charge is 0.326 e. The molecule has 7 nitrogen and oxygen atoms in total. The first kappa shape index (κ1) is 25.6. The van der Waals surface area contributed by atoms with Gasteiger partial charge in [0.15, 0.2) is 10.9 Å². The zero-order chi connectivity index (χ0) is 24.5. The van der Waals surface area contributed by atoms with E-state index in [0.29, 0.717) is 40.3 Å². The molecule has 1 N–H and O–H groups in total. The quantitative estimate of drug-likeness (QED) is 0.234. The maximum absolute atomic E-state index is 13.2. The summed E-state index contributed by atoms with van der Waals surface area (Å²) in [6, 6.07) is 14.2. The highest BCUT2D eigenvalue weighted by Gasteiger charge is 2.15. The third kappa shape index (κ3) is 6.55. The molecule has 0 unspecified atom stereocenters. The van der Waals surface area contributed by atoms with Crippen LogP contribution in [0.3, 0.4) is 0 Å². The highest BCUT2D eigenvalue weighted by molar-refractivity contribution is 7.99. The number of benzene rings is 2. The zero-order valence-corrected chi connectivity index (χ0v) is 20.9. The number of ketones is 1. The molecule has 1 heterocycles. The highest BCUT2D eigenvalue weighted by Crippen LogP contribution is 2.20. The molecule has 8 heteroatoms. The number of para-hydroxylation sites is 1. The van der Waals surface area contributed by atoms with Gasteiger partial charge in [0.1, 0.15) is 0 Å². The average molecular weight is 481 g/mol. The van der Waals surface area contributed by atoms with E-state index in [9.17, 15) is 14.4 Å². The van der Waals surface area contributed by atoms with Crippen molar-refractivity contribution in [3.05, 3.63) is 64.4 Å². The summed E-state index contributed by atoms with van der Waals surface area (Å²) in [5.74, 6) is 0.0352. The van der Waals surface area contributed by atoms with E-state index in [4.69, 9.17) is 4.98 Å². The van der Waals surface area contributed by atoms with Crippen molar-refractivity contribution in [2.75, 3.05) is 30.7 Å². The van der Waals surface area contributed by atoms with Crippen molar-refractivity contribution in [2.24, 2.45) is 0 Å². The summed E-state index contributed by atoms with van der Waals surface area (Å²) in [4.78, 5) is 44.6. The third-order valence-electron chi connectivity index (χ3n) is 5.72. The molecule has 1 aromatic heterocycles. The molecule has 0 saturated heterocycles. The topological polar surface area (TPSA) is 84.3 Å². The maximum Gasteiger partial charge on any atom is 0.262 e. The minimum absolute atomic E-state index is 0.0598. The van der Waals surface area contributed by atoms with Crippen LogP contribution in [0.5, 0.6) is 0 Å². The van der Waals surface area contributed by atoms with E-state index in [-0.39, 0.29) is 23.0 Å². The normalized spacial score (nSPS) is 11.2. The number of amides is 1. The number of thioether (sulfide) groups is 1. The first-order valence-corrected chi connectivity index (χ1v) is 12.7. The SMILES string of the molecule is CCC(=O)Nc1ccc(C(=O)CSc2nc3ccccc3c(=O)n2CCCN(CC)CC)cc1. The molecule has 0 bridgehead atoms. The molecular formula is C26H32N4O3S. The van der Waals surface area contributed by atoms with E-state index in [1.54, 1.807) is 41.8 Å². The Morgan fingerprint density at radius 1 is 1.03 bits per heavy atom. The molecule has 3 aromatic rings. The number of Topliss-reactive ketones (excluding diaryl/α,β-unsaturated/α-hetero) is 1. The standard InChI is InChI=1S/C26H32N4O3S/c1-4-24(32)27-20-14-12-19(13-15-20)23(31)18-34-26-28-22-11-8-7-10-21(22)25(33)30(26)17-9-16-29(5-2)6-3/h7-8,10-15H,4-6,9,16-18H2,1-3H3,(H,27,32). The van der Waals surface area contributed by atoms with Crippen LogP contribution in [-0.4, -0.2) is 51.5 Å². The molecular weight excluding hydrogens is 448 g/mol. The summed E-state index contributed by atoms with van der Waals surface area (Å²) in [5.41, 5.74) is 1.78. The van der Waals surface area contributed by atoms with E-state index >= 15 is 0 Å². The molecule has 2 aromatic carbocycles. The van der Waals surface area contributed by atoms with Crippen molar-refractivity contribution < 1.29 is 9.59 Å². The second-order valence-corrected chi connectivity index (χ2v) is 8.88. The van der Waals surface area contributed by atoms with Crippen LogP contribution in [0.25, 0.3) is 10.9 Å². The summed E-state index contributed by atoms with van der Waals surface area (Å²) in [5, 5.41) is 3.92. The number of anilines is 1. The highest BCUT2D eigenvalue weighted by atomic mass is 32.2. The second kappa shape index (κ2) is 12.5. The summed E-state index contributed by atoms with van der Waals surface area (Å²) in [6.07, 6.45) is 1.22. The van der Waals surface area contributed by atoms with Gasteiger partial charge in [-0.3, -0.25) is 19.0 Å². The minimum atomic E-state index is -0.0732. The predicted molar refractivity (Wildman–Crippen MR) is 139 cm³/mol. The molecule has 1 amide bonds. The molecule has 0 spiro atoms. The van der Waals surface area contributed by atoms with E-state index in [2.05, 4.69) is 24.1 Å². The number of hydrogen-bond acceptors (Lipinski definition) is 6. The lowest BCUT2D eigenvalue weighted by atomic mass is 10.1. The smallest absolute Gasteiger partial charge is 0.262 e.